The molecule has 29 heavy (non-hydrogen) atoms. The van der Waals surface area contributed by atoms with Crippen LogP contribution in [0.4, 0.5) is 5.69 Å². The van der Waals surface area contributed by atoms with Crippen LogP contribution in [-0.2, 0) is 27.2 Å². The van der Waals surface area contributed by atoms with Gasteiger partial charge < -0.3 is 5.73 Å². The van der Waals surface area contributed by atoms with E-state index in [2.05, 4.69) is 0 Å². The van der Waals surface area contributed by atoms with Crippen LogP contribution >= 0.6 is 32.0 Å². The van der Waals surface area contributed by atoms with Crippen molar-refractivity contribution in [3.8, 4) is 0 Å². The molecule has 7 nitrogen and oxygen atoms in total. The largest absolute Gasteiger partial charge is 0.398 e. The van der Waals surface area contributed by atoms with Crippen molar-refractivity contribution in [2.75, 3.05) is 5.73 Å². The van der Waals surface area contributed by atoms with E-state index in [1.807, 2.05) is 0 Å². The third kappa shape index (κ3) is 3.09. The number of benzene rings is 4. The second kappa shape index (κ2) is 6.22. The molecular formula is C16H8Cl3NO6S3. The van der Waals surface area contributed by atoms with Gasteiger partial charge in [-0.05, 0) is 22.2 Å². The minimum absolute atomic E-state index is 0.0978. The second-order valence-electron chi connectivity index (χ2n) is 6.21. The van der Waals surface area contributed by atoms with Gasteiger partial charge in [-0.1, -0.05) is 30.3 Å². The first-order chi connectivity index (χ1) is 13.2. The summed E-state index contributed by atoms with van der Waals surface area (Å²) in [5.41, 5.74) is 5.94. The topological polar surface area (TPSA) is 128 Å². The molecule has 4 aromatic rings. The number of anilines is 1. The van der Waals surface area contributed by atoms with Crippen LogP contribution in [0.5, 0.6) is 0 Å². The molecule has 152 valence electrons. The first-order valence-electron chi connectivity index (χ1n) is 7.60. The molecule has 4 rings (SSSR count). The van der Waals surface area contributed by atoms with Crippen LogP contribution in [0.15, 0.2) is 51.1 Å². The Labute approximate surface area is 178 Å². The monoisotopic (exact) mass is 511 g/mol. The van der Waals surface area contributed by atoms with Crippen LogP contribution < -0.4 is 5.73 Å². The van der Waals surface area contributed by atoms with E-state index in [-0.39, 0.29) is 21.8 Å². The van der Waals surface area contributed by atoms with E-state index in [1.54, 1.807) is 24.3 Å². The van der Waals surface area contributed by atoms with Gasteiger partial charge in [0.25, 0.3) is 27.2 Å². The van der Waals surface area contributed by atoms with Gasteiger partial charge in [-0.3, -0.25) is 0 Å². The molecule has 0 bridgehead atoms. The smallest absolute Gasteiger partial charge is 0.264 e. The Bertz CT molecular complexity index is 1680. The molecule has 0 aliphatic carbocycles. The molecule has 0 spiro atoms. The minimum Gasteiger partial charge on any atom is -0.398 e. The van der Waals surface area contributed by atoms with Gasteiger partial charge in [-0.2, -0.15) is 0 Å². The lowest BCUT2D eigenvalue weighted by Crippen LogP contribution is -2.11. The van der Waals surface area contributed by atoms with Gasteiger partial charge >= 0.3 is 0 Å². The zero-order chi connectivity index (χ0) is 21.5. The average Bonchev–Trinajstić information content (AvgIpc) is 2.56. The van der Waals surface area contributed by atoms with Crippen molar-refractivity contribution in [2.24, 2.45) is 0 Å². The number of nitrogen functional groups attached to an aromatic ring is 1. The first kappa shape index (κ1) is 20.7. The second-order valence-corrected chi connectivity index (χ2v) is 13.7. The van der Waals surface area contributed by atoms with E-state index >= 15 is 0 Å². The number of hydrogen-bond donors (Lipinski definition) is 1. The number of halogens is 3. The molecule has 0 radical (unpaired) electrons. The molecule has 0 aromatic heterocycles. The summed E-state index contributed by atoms with van der Waals surface area (Å²) in [5, 5.41) is 1.39. The summed E-state index contributed by atoms with van der Waals surface area (Å²) in [4.78, 5) is -3.24. The summed E-state index contributed by atoms with van der Waals surface area (Å²) in [5.74, 6) is 0. The molecule has 0 unspecified atom stereocenters. The molecule has 0 amide bonds. The van der Waals surface area contributed by atoms with Gasteiger partial charge in [0.15, 0.2) is 0 Å². The van der Waals surface area contributed by atoms with Gasteiger partial charge in [0.05, 0.1) is 0 Å². The lowest BCUT2D eigenvalue weighted by atomic mass is 9.93. The lowest BCUT2D eigenvalue weighted by Gasteiger charge is -2.19. The quantitative estimate of drug-likeness (QED) is 0.250. The standard InChI is InChI=1S/C16H8Cl3NO6S3/c17-27(21,22)14-9-5-4-7-2-1-3-8-6-10(20)13(12(9)11(7)8)15(28(18,23)24)16(14)29(19,25)26/h1-6H,20H2. The van der Waals surface area contributed by atoms with Crippen molar-refractivity contribution in [3.05, 3.63) is 36.4 Å². The Morgan fingerprint density at radius 1 is 0.621 bits per heavy atom. The summed E-state index contributed by atoms with van der Waals surface area (Å²) in [6, 6.07) is 9.44. The predicted molar refractivity (Wildman–Crippen MR) is 114 cm³/mol. The molecule has 0 aliphatic rings. The molecule has 4 aromatic carbocycles. The summed E-state index contributed by atoms with van der Waals surface area (Å²) in [6.45, 7) is 0. The maximum absolute atomic E-state index is 12.4. The fourth-order valence-electron chi connectivity index (χ4n) is 3.64. The summed E-state index contributed by atoms with van der Waals surface area (Å²) in [6.07, 6.45) is 0. The molecule has 0 saturated heterocycles. The molecule has 0 fully saturated rings. The summed E-state index contributed by atoms with van der Waals surface area (Å²) in [7, 11) is 1.95. The van der Waals surface area contributed by atoms with Gasteiger partial charge in [0, 0.05) is 53.9 Å². The van der Waals surface area contributed by atoms with E-state index in [0.29, 0.717) is 16.2 Å². The molecule has 0 aliphatic heterocycles. The number of nitrogens with two attached hydrogens (primary N) is 1. The zero-order valence-electron chi connectivity index (χ0n) is 13.8. The Morgan fingerprint density at radius 2 is 1.17 bits per heavy atom. The predicted octanol–water partition coefficient (Wildman–Crippen LogP) is 3.95. The van der Waals surface area contributed by atoms with Crippen molar-refractivity contribution >= 4 is 97.2 Å². The SMILES string of the molecule is Nc1cc2cccc3ccc4c(S(=O)(=O)Cl)c(S(=O)(=O)Cl)c(S(=O)(=O)Cl)c1c4c32. The van der Waals surface area contributed by atoms with Crippen LogP contribution in [0.2, 0.25) is 0 Å². The van der Waals surface area contributed by atoms with Crippen LogP contribution in [-0.4, -0.2) is 25.3 Å². The fourth-order valence-corrected chi connectivity index (χ4v) is 9.18. The molecule has 0 atom stereocenters. The molecule has 0 heterocycles. The maximum Gasteiger partial charge on any atom is 0.264 e. The van der Waals surface area contributed by atoms with E-state index < -0.39 is 41.8 Å². The van der Waals surface area contributed by atoms with Gasteiger partial charge in [-0.15, -0.1) is 0 Å². The summed E-state index contributed by atoms with van der Waals surface area (Å²) < 4.78 is 74.3. The summed E-state index contributed by atoms with van der Waals surface area (Å²) >= 11 is 0. The number of rotatable bonds is 3. The Hall–Kier alpha value is -1.56. The normalized spacial score (nSPS) is 13.6. The highest BCUT2D eigenvalue weighted by Gasteiger charge is 2.37. The zero-order valence-corrected chi connectivity index (χ0v) is 18.6. The van der Waals surface area contributed by atoms with Crippen LogP contribution in [0.3, 0.4) is 0 Å². The molecule has 13 heteroatoms. The molecular weight excluding hydrogens is 505 g/mol. The Kier molecular flexibility index (Phi) is 4.44. The highest BCUT2D eigenvalue weighted by Crippen LogP contribution is 2.48. The van der Waals surface area contributed by atoms with Crippen LogP contribution in [0.1, 0.15) is 0 Å². The Balaban J connectivity index is 2.61. The van der Waals surface area contributed by atoms with Gasteiger partial charge in [0.1, 0.15) is 14.7 Å². The highest BCUT2D eigenvalue weighted by molar-refractivity contribution is 8.17. The first-order valence-corrected chi connectivity index (χ1v) is 14.5. The van der Waals surface area contributed by atoms with Crippen molar-refractivity contribution in [3.63, 3.8) is 0 Å². The lowest BCUT2D eigenvalue weighted by molar-refractivity contribution is 0.591. The van der Waals surface area contributed by atoms with Gasteiger partial charge in [-0.25, -0.2) is 25.3 Å². The molecule has 2 N–H and O–H groups in total. The average molecular weight is 513 g/mol. The third-order valence-corrected chi connectivity index (χ3v) is 8.89. The van der Waals surface area contributed by atoms with Gasteiger partial charge in [0.2, 0.25) is 0 Å². The highest BCUT2D eigenvalue weighted by atomic mass is 35.7. The number of hydrogen-bond acceptors (Lipinski definition) is 7. The van der Waals surface area contributed by atoms with E-state index in [4.69, 9.17) is 37.8 Å². The van der Waals surface area contributed by atoms with E-state index in [9.17, 15) is 25.3 Å². The maximum atomic E-state index is 12.4. The van der Waals surface area contributed by atoms with Crippen LogP contribution in [0, 0.1) is 0 Å². The third-order valence-electron chi connectivity index (χ3n) is 4.54. The minimum atomic E-state index is -4.95. The van der Waals surface area contributed by atoms with E-state index in [0.717, 1.165) is 0 Å². The van der Waals surface area contributed by atoms with Crippen molar-refractivity contribution < 1.29 is 25.3 Å². The Morgan fingerprint density at radius 3 is 1.72 bits per heavy atom. The van der Waals surface area contributed by atoms with Crippen molar-refractivity contribution in [1.82, 2.24) is 0 Å². The van der Waals surface area contributed by atoms with Crippen LogP contribution in [0.25, 0.3) is 32.3 Å². The van der Waals surface area contributed by atoms with Crippen molar-refractivity contribution in [1.29, 1.82) is 0 Å². The van der Waals surface area contributed by atoms with E-state index in [1.165, 1.54) is 12.1 Å². The van der Waals surface area contributed by atoms with Crippen molar-refractivity contribution in [2.45, 2.75) is 14.7 Å². The fraction of sp³-hybridized carbons (Fsp3) is 0. The molecule has 0 saturated carbocycles.